The van der Waals surface area contributed by atoms with Crippen LogP contribution < -0.4 is 4.90 Å². The van der Waals surface area contributed by atoms with Crippen molar-refractivity contribution in [2.24, 2.45) is 10.2 Å². The highest BCUT2D eigenvalue weighted by molar-refractivity contribution is 6.12. The fraction of sp³-hybridized carbons (Fsp3) is 0.0909. The van der Waals surface area contributed by atoms with Crippen molar-refractivity contribution in [3.63, 3.8) is 0 Å². The maximum absolute atomic E-state index is 4.49. The maximum atomic E-state index is 4.49. The van der Waals surface area contributed by atoms with Gasteiger partial charge in [0.25, 0.3) is 0 Å². The van der Waals surface area contributed by atoms with Crippen molar-refractivity contribution in [3.05, 3.63) is 102 Å². The molecule has 0 aliphatic heterocycles. The molecule has 0 radical (unpaired) electrons. The van der Waals surface area contributed by atoms with E-state index in [1.165, 1.54) is 0 Å². The van der Waals surface area contributed by atoms with E-state index in [2.05, 4.69) is 27.2 Å². The van der Waals surface area contributed by atoms with Crippen molar-refractivity contribution in [2.45, 2.75) is 0 Å². The molecule has 0 aliphatic rings. The van der Waals surface area contributed by atoms with E-state index >= 15 is 0 Å². The van der Waals surface area contributed by atoms with Gasteiger partial charge in [0.05, 0.1) is 6.21 Å². The summed E-state index contributed by atoms with van der Waals surface area (Å²) in [5.41, 5.74) is 5.15. The Morgan fingerprint density at radius 1 is 0.720 bits per heavy atom. The Morgan fingerprint density at radius 2 is 1.24 bits per heavy atom. The van der Waals surface area contributed by atoms with Crippen LogP contribution in [0.3, 0.4) is 0 Å². The molecule has 0 saturated heterocycles. The number of anilines is 1. The number of nitrogens with zero attached hydrogens (tertiary/aromatic N) is 3. The van der Waals surface area contributed by atoms with Gasteiger partial charge in [-0.2, -0.15) is 5.10 Å². The van der Waals surface area contributed by atoms with E-state index in [-0.39, 0.29) is 0 Å². The first-order valence-electron chi connectivity index (χ1n) is 8.23. The minimum atomic E-state index is 0.863. The molecule has 0 bridgehead atoms. The summed E-state index contributed by atoms with van der Waals surface area (Å²) in [7, 11) is 4.05. The molecule has 3 aromatic carbocycles. The fourth-order valence-corrected chi connectivity index (χ4v) is 2.49. The number of rotatable bonds is 5. The summed E-state index contributed by atoms with van der Waals surface area (Å²) >= 11 is 0. The highest BCUT2D eigenvalue weighted by atomic mass is 15.2. The van der Waals surface area contributed by atoms with E-state index in [4.69, 9.17) is 0 Å². The molecule has 0 heterocycles. The van der Waals surface area contributed by atoms with Crippen LogP contribution in [0.25, 0.3) is 0 Å². The molecule has 0 aromatic heterocycles. The Labute approximate surface area is 149 Å². The quantitative estimate of drug-likeness (QED) is 0.496. The van der Waals surface area contributed by atoms with Gasteiger partial charge in [0, 0.05) is 30.9 Å². The van der Waals surface area contributed by atoms with Gasteiger partial charge in [0.2, 0.25) is 0 Å². The first-order chi connectivity index (χ1) is 12.2. The van der Waals surface area contributed by atoms with E-state index in [0.717, 1.165) is 28.1 Å². The third-order valence-corrected chi connectivity index (χ3v) is 3.87. The first-order valence-corrected chi connectivity index (χ1v) is 8.23. The maximum Gasteiger partial charge on any atom is 0.100 e. The molecule has 0 fully saturated rings. The molecule has 3 aromatic rings. The monoisotopic (exact) mass is 327 g/mol. The van der Waals surface area contributed by atoms with Gasteiger partial charge in [-0.1, -0.05) is 72.8 Å². The molecule has 0 spiro atoms. The number of hydrogen-bond donors (Lipinski definition) is 0. The van der Waals surface area contributed by atoms with Crippen LogP contribution in [0.5, 0.6) is 0 Å². The Bertz CT molecular complexity index is 807. The van der Waals surface area contributed by atoms with Crippen molar-refractivity contribution in [1.29, 1.82) is 0 Å². The predicted octanol–water partition coefficient (Wildman–Crippen LogP) is 4.62. The summed E-state index contributed by atoms with van der Waals surface area (Å²) in [6.07, 6.45) is 1.78. The predicted molar refractivity (Wildman–Crippen MR) is 107 cm³/mol. The van der Waals surface area contributed by atoms with Crippen LogP contribution in [0.4, 0.5) is 5.69 Å². The summed E-state index contributed by atoms with van der Waals surface area (Å²) in [6.45, 7) is 0. The lowest BCUT2D eigenvalue weighted by Crippen LogP contribution is -2.08. The zero-order valence-corrected chi connectivity index (χ0v) is 14.5. The second kappa shape index (κ2) is 8.06. The summed E-state index contributed by atoms with van der Waals surface area (Å²) in [4.78, 5) is 2.07. The van der Waals surface area contributed by atoms with Crippen LogP contribution >= 0.6 is 0 Å². The van der Waals surface area contributed by atoms with E-state index in [0.29, 0.717) is 0 Å². The number of hydrogen-bond acceptors (Lipinski definition) is 3. The molecule has 124 valence electrons. The van der Waals surface area contributed by atoms with Crippen LogP contribution in [0.2, 0.25) is 0 Å². The molecule has 0 N–H and O–H groups in total. The van der Waals surface area contributed by atoms with Gasteiger partial charge >= 0.3 is 0 Å². The van der Waals surface area contributed by atoms with Gasteiger partial charge < -0.3 is 4.90 Å². The third kappa shape index (κ3) is 4.42. The Morgan fingerprint density at radius 3 is 1.72 bits per heavy atom. The van der Waals surface area contributed by atoms with E-state index in [9.17, 15) is 0 Å². The van der Waals surface area contributed by atoms with Crippen LogP contribution in [0.1, 0.15) is 16.7 Å². The summed E-state index contributed by atoms with van der Waals surface area (Å²) in [5.74, 6) is 0. The van der Waals surface area contributed by atoms with Crippen molar-refractivity contribution < 1.29 is 0 Å². The molecule has 3 heteroatoms. The second-order valence-electron chi connectivity index (χ2n) is 5.91. The topological polar surface area (TPSA) is 28.0 Å². The highest BCUT2D eigenvalue weighted by Gasteiger charge is 2.05. The van der Waals surface area contributed by atoms with E-state index in [1.807, 2.05) is 86.9 Å². The van der Waals surface area contributed by atoms with Gasteiger partial charge in [-0.15, -0.1) is 5.10 Å². The standard InChI is InChI=1S/C22H21N3/c1-25(2)21-15-13-18(14-16-21)17-23-24-22(19-9-5-3-6-10-19)20-11-7-4-8-12-20/h3-17H,1-2H3. The van der Waals surface area contributed by atoms with Gasteiger partial charge in [-0.3, -0.25) is 0 Å². The largest absolute Gasteiger partial charge is 0.378 e. The molecule has 3 rings (SSSR count). The molecule has 0 saturated carbocycles. The average Bonchev–Trinajstić information content (AvgIpc) is 2.67. The Balaban J connectivity index is 1.88. The molecule has 25 heavy (non-hydrogen) atoms. The summed E-state index contributed by atoms with van der Waals surface area (Å²) < 4.78 is 0. The Kier molecular flexibility index (Phi) is 5.37. The van der Waals surface area contributed by atoms with Crippen LogP contribution in [0, 0.1) is 0 Å². The van der Waals surface area contributed by atoms with Crippen LogP contribution in [-0.4, -0.2) is 26.0 Å². The SMILES string of the molecule is CN(C)c1ccc(C=NN=C(c2ccccc2)c2ccccc2)cc1. The minimum Gasteiger partial charge on any atom is -0.378 e. The van der Waals surface area contributed by atoms with Gasteiger partial charge in [-0.05, 0) is 17.7 Å². The summed E-state index contributed by atoms with van der Waals surface area (Å²) in [6, 6.07) is 28.5. The van der Waals surface area contributed by atoms with Crippen molar-refractivity contribution in [3.8, 4) is 0 Å². The molecule has 0 amide bonds. The van der Waals surface area contributed by atoms with Crippen LogP contribution in [-0.2, 0) is 0 Å². The molecule has 0 unspecified atom stereocenters. The van der Waals surface area contributed by atoms with Gasteiger partial charge in [-0.25, -0.2) is 0 Å². The molecule has 0 aliphatic carbocycles. The third-order valence-electron chi connectivity index (χ3n) is 3.87. The fourth-order valence-electron chi connectivity index (χ4n) is 2.49. The van der Waals surface area contributed by atoms with Crippen molar-refractivity contribution in [2.75, 3.05) is 19.0 Å². The average molecular weight is 327 g/mol. The lowest BCUT2D eigenvalue weighted by Gasteiger charge is -2.11. The lowest BCUT2D eigenvalue weighted by atomic mass is 10.0. The van der Waals surface area contributed by atoms with Gasteiger partial charge in [0.15, 0.2) is 0 Å². The number of benzene rings is 3. The zero-order chi connectivity index (χ0) is 17.5. The van der Waals surface area contributed by atoms with Crippen molar-refractivity contribution in [1.82, 2.24) is 0 Å². The van der Waals surface area contributed by atoms with Gasteiger partial charge in [0.1, 0.15) is 5.71 Å². The molecule has 3 nitrogen and oxygen atoms in total. The highest BCUT2D eigenvalue weighted by Crippen LogP contribution is 2.13. The molecular formula is C22H21N3. The first kappa shape index (κ1) is 16.7. The van der Waals surface area contributed by atoms with E-state index < -0.39 is 0 Å². The van der Waals surface area contributed by atoms with E-state index in [1.54, 1.807) is 6.21 Å². The second-order valence-corrected chi connectivity index (χ2v) is 5.91. The minimum absolute atomic E-state index is 0.863. The Hall–Kier alpha value is -3.20. The zero-order valence-electron chi connectivity index (χ0n) is 14.5. The summed E-state index contributed by atoms with van der Waals surface area (Å²) in [5, 5.41) is 8.81. The molecule has 0 atom stereocenters. The lowest BCUT2D eigenvalue weighted by molar-refractivity contribution is 1.13. The van der Waals surface area contributed by atoms with Crippen molar-refractivity contribution >= 4 is 17.6 Å². The van der Waals surface area contributed by atoms with Crippen LogP contribution in [0.15, 0.2) is 95.1 Å². The normalized spacial score (nSPS) is 10.6. The smallest absolute Gasteiger partial charge is 0.100 e. The molecular weight excluding hydrogens is 306 g/mol.